The number of carbonyl (C=O) groups excluding carboxylic acids is 1. The van der Waals surface area contributed by atoms with Crippen LogP contribution in [-0.4, -0.2) is 16.1 Å². The van der Waals surface area contributed by atoms with E-state index < -0.39 is 0 Å². The summed E-state index contributed by atoms with van der Waals surface area (Å²) in [6.07, 6.45) is 0. The molecule has 1 unspecified atom stereocenters. The Morgan fingerprint density at radius 2 is 1.95 bits per heavy atom. The van der Waals surface area contributed by atoms with Gasteiger partial charge in [-0.2, -0.15) is 5.10 Å². The van der Waals surface area contributed by atoms with Gasteiger partial charge in [0.2, 0.25) is 0 Å². The second-order valence-corrected chi connectivity index (χ2v) is 5.36. The Balaban J connectivity index is 2.19. The molecule has 4 nitrogen and oxygen atoms in total. The fraction of sp³-hybridized carbons (Fsp3) is 0.375. The van der Waals surface area contributed by atoms with Crippen LogP contribution in [0, 0.1) is 27.7 Å². The van der Waals surface area contributed by atoms with Crippen LogP contribution in [0.4, 0.5) is 0 Å². The van der Waals surface area contributed by atoms with Gasteiger partial charge in [0.15, 0.2) is 0 Å². The van der Waals surface area contributed by atoms with Gasteiger partial charge in [-0.25, -0.2) is 0 Å². The Morgan fingerprint density at radius 3 is 2.50 bits per heavy atom. The lowest BCUT2D eigenvalue weighted by Gasteiger charge is -2.17. The number of aryl methyl sites for hydroxylation is 4. The maximum Gasteiger partial charge on any atom is 0.255 e. The molecule has 0 aliphatic heterocycles. The van der Waals surface area contributed by atoms with Crippen molar-refractivity contribution in [3.63, 3.8) is 0 Å². The molecule has 1 amide bonds. The van der Waals surface area contributed by atoms with Crippen molar-refractivity contribution in [2.75, 3.05) is 0 Å². The standard InChI is InChI=1S/C16H21N3O/c1-9-6-7-14(10(2)8-9)11(3)17-16(20)15-12(4)18-19-13(15)5/h6-8,11H,1-5H3,(H,17,20)(H,18,19). The topological polar surface area (TPSA) is 57.8 Å². The highest BCUT2D eigenvalue weighted by Crippen LogP contribution is 2.19. The lowest BCUT2D eigenvalue weighted by atomic mass is 10.00. The molecule has 0 aliphatic carbocycles. The van der Waals surface area contributed by atoms with Crippen molar-refractivity contribution in [2.24, 2.45) is 0 Å². The van der Waals surface area contributed by atoms with Crippen molar-refractivity contribution < 1.29 is 4.79 Å². The van der Waals surface area contributed by atoms with Gasteiger partial charge >= 0.3 is 0 Å². The number of aromatic nitrogens is 2. The molecule has 0 spiro atoms. The van der Waals surface area contributed by atoms with E-state index in [0.717, 1.165) is 17.0 Å². The van der Waals surface area contributed by atoms with Crippen LogP contribution in [0.3, 0.4) is 0 Å². The van der Waals surface area contributed by atoms with Crippen molar-refractivity contribution in [3.05, 3.63) is 51.8 Å². The Bertz CT molecular complexity index is 624. The largest absolute Gasteiger partial charge is 0.345 e. The molecule has 1 aromatic carbocycles. The molecule has 2 aromatic rings. The normalized spacial score (nSPS) is 12.2. The summed E-state index contributed by atoms with van der Waals surface area (Å²) in [5.74, 6) is -0.0822. The summed E-state index contributed by atoms with van der Waals surface area (Å²) in [5, 5.41) is 9.94. The average Bonchev–Trinajstić information content (AvgIpc) is 2.68. The molecule has 4 heteroatoms. The third-order valence-electron chi connectivity index (χ3n) is 3.59. The molecule has 1 atom stereocenters. The fourth-order valence-electron chi connectivity index (χ4n) is 2.54. The van der Waals surface area contributed by atoms with E-state index in [1.165, 1.54) is 11.1 Å². The van der Waals surface area contributed by atoms with Crippen molar-refractivity contribution in [1.82, 2.24) is 15.5 Å². The average molecular weight is 271 g/mol. The van der Waals surface area contributed by atoms with E-state index in [-0.39, 0.29) is 11.9 Å². The predicted octanol–water partition coefficient (Wildman–Crippen LogP) is 3.13. The molecule has 0 fully saturated rings. The zero-order chi connectivity index (χ0) is 14.9. The quantitative estimate of drug-likeness (QED) is 0.901. The van der Waals surface area contributed by atoms with Crippen LogP contribution in [0.15, 0.2) is 18.2 Å². The number of carbonyl (C=O) groups is 1. The number of benzene rings is 1. The molecular formula is C16H21N3O. The van der Waals surface area contributed by atoms with E-state index >= 15 is 0 Å². The van der Waals surface area contributed by atoms with Gasteiger partial charge in [0.05, 0.1) is 17.3 Å². The number of aromatic amines is 1. The molecule has 20 heavy (non-hydrogen) atoms. The van der Waals surface area contributed by atoms with Crippen LogP contribution < -0.4 is 5.32 Å². The van der Waals surface area contributed by atoms with Crippen LogP contribution in [0.2, 0.25) is 0 Å². The van der Waals surface area contributed by atoms with Gasteiger partial charge in [0, 0.05) is 5.69 Å². The highest BCUT2D eigenvalue weighted by Gasteiger charge is 2.18. The van der Waals surface area contributed by atoms with E-state index in [1.807, 2.05) is 20.8 Å². The van der Waals surface area contributed by atoms with Gasteiger partial charge < -0.3 is 5.32 Å². The highest BCUT2D eigenvalue weighted by atomic mass is 16.1. The second-order valence-electron chi connectivity index (χ2n) is 5.36. The van der Waals surface area contributed by atoms with Crippen molar-refractivity contribution in [3.8, 4) is 0 Å². The molecular weight excluding hydrogens is 250 g/mol. The van der Waals surface area contributed by atoms with Gasteiger partial charge in [0.25, 0.3) is 5.91 Å². The maximum absolute atomic E-state index is 12.3. The van der Waals surface area contributed by atoms with Crippen LogP contribution in [0.5, 0.6) is 0 Å². The summed E-state index contributed by atoms with van der Waals surface area (Å²) < 4.78 is 0. The monoisotopic (exact) mass is 271 g/mol. The van der Waals surface area contributed by atoms with Gasteiger partial charge in [-0.3, -0.25) is 9.89 Å². The number of amides is 1. The van der Waals surface area contributed by atoms with Gasteiger partial charge in [0.1, 0.15) is 0 Å². The van der Waals surface area contributed by atoms with Crippen molar-refractivity contribution in [1.29, 1.82) is 0 Å². The first-order valence-electron chi connectivity index (χ1n) is 6.79. The Kier molecular flexibility index (Phi) is 3.93. The number of H-pyrrole nitrogens is 1. The smallest absolute Gasteiger partial charge is 0.255 e. The first-order valence-corrected chi connectivity index (χ1v) is 6.79. The van der Waals surface area contributed by atoms with Crippen LogP contribution in [0.1, 0.15) is 51.4 Å². The number of hydrogen-bond acceptors (Lipinski definition) is 2. The molecule has 106 valence electrons. The first kappa shape index (κ1) is 14.3. The van der Waals surface area contributed by atoms with Gasteiger partial charge in [-0.05, 0) is 45.7 Å². The molecule has 0 saturated carbocycles. The number of rotatable bonds is 3. The van der Waals surface area contributed by atoms with Crippen molar-refractivity contribution >= 4 is 5.91 Å². The Morgan fingerprint density at radius 1 is 1.25 bits per heavy atom. The van der Waals surface area contributed by atoms with Gasteiger partial charge in [-0.15, -0.1) is 0 Å². The zero-order valence-electron chi connectivity index (χ0n) is 12.7. The predicted molar refractivity (Wildman–Crippen MR) is 79.9 cm³/mol. The minimum absolute atomic E-state index is 0.0307. The number of nitrogens with one attached hydrogen (secondary N) is 2. The molecule has 1 aromatic heterocycles. The van der Waals surface area contributed by atoms with E-state index in [1.54, 1.807) is 0 Å². The molecule has 0 bridgehead atoms. The lowest BCUT2D eigenvalue weighted by Crippen LogP contribution is -2.28. The number of nitrogens with zero attached hydrogens (tertiary/aromatic N) is 1. The Labute approximate surface area is 119 Å². The summed E-state index contributed by atoms with van der Waals surface area (Å²) in [4.78, 5) is 12.3. The zero-order valence-corrected chi connectivity index (χ0v) is 12.7. The molecule has 2 N–H and O–H groups in total. The summed E-state index contributed by atoms with van der Waals surface area (Å²) in [5.41, 5.74) is 5.73. The summed E-state index contributed by atoms with van der Waals surface area (Å²) >= 11 is 0. The first-order chi connectivity index (χ1) is 9.40. The SMILES string of the molecule is Cc1ccc(C(C)NC(=O)c2c(C)n[nH]c2C)c(C)c1. The molecule has 0 saturated heterocycles. The number of hydrogen-bond donors (Lipinski definition) is 2. The highest BCUT2D eigenvalue weighted by molar-refractivity contribution is 5.96. The van der Waals surface area contributed by atoms with E-state index in [4.69, 9.17) is 0 Å². The lowest BCUT2D eigenvalue weighted by molar-refractivity contribution is 0.0938. The van der Waals surface area contributed by atoms with Crippen LogP contribution in [-0.2, 0) is 0 Å². The van der Waals surface area contributed by atoms with E-state index in [0.29, 0.717) is 5.56 Å². The third kappa shape index (κ3) is 2.74. The maximum atomic E-state index is 12.3. The van der Waals surface area contributed by atoms with Crippen molar-refractivity contribution in [2.45, 2.75) is 40.7 Å². The minimum Gasteiger partial charge on any atom is -0.345 e. The van der Waals surface area contributed by atoms with Crippen LogP contribution in [0.25, 0.3) is 0 Å². The summed E-state index contributed by atoms with van der Waals surface area (Å²) in [6, 6.07) is 6.24. The van der Waals surface area contributed by atoms with E-state index in [9.17, 15) is 4.79 Å². The Hall–Kier alpha value is -2.10. The van der Waals surface area contributed by atoms with Gasteiger partial charge in [-0.1, -0.05) is 23.8 Å². The molecule has 0 radical (unpaired) electrons. The fourth-order valence-corrected chi connectivity index (χ4v) is 2.54. The second kappa shape index (κ2) is 5.49. The summed E-state index contributed by atoms with van der Waals surface area (Å²) in [6.45, 7) is 9.83. The minimum atomic E-state index is -0.0822. The molecule has 2 rings (SSSR count). The van der Waals surface area contributed by atoms with E-state index in [2.05, 4.69) is 47.6 Å². The van der Waals surface area contributed by atoms with Crippen LogP contribution >= 0.6 is 0 Å². The molecule has 0 aliphatic rings. The molecule has 1 heterocycles. The third-order valence-corrected chi connectivity index (χ3v) is 3.59. The summed E-state index contributed by atoms with van der Waals surface area (Å²) in [7, 11) is 0.